The topological polar surface area (TPSA) is 89.2 Å². The van der Waals surface area contributed by atoms with Gasteiger partial charge in [0.1, 0.15) is 11.5 Å². The second-order valence-corrected chi connectivity index (χ2v) is 10.1. The summed E-state index contributed by atoms with van der Waals surface area (Å²) in [5.74, 6) is -1.51. The third-order valence-electron chi connectivity index (χ3n) is 7.54. The number of para-hydroxylation sites is 1. The number of hydrogen-bond donors (Lipinski definition) is 2. The molecular weight excluding hydrogens is 516 g/mol. The number of methoxy groups -OCH3 is 1. The maximum Gasteiger partial charge on any atom is 0.320 e. The fourth-order valence-electron chi connectivity index (χ4n) is 5.21. The maximum absolute atomic E-state index is 14.1. The molecule has 2 amide bonds. The molecule has 2 aromatic heterocycles. The van der Waals surface area contributed by atoms with Crippen molar-refractivity contribution >= 4 is 11.8 Å². The van der Waals surface area contributed by atoms with E-state index in [1.54, 1.807) is 28.7 Å². The van der Waals surface area contributed by atoms with E-state index in [4.69, 9.17) is 9.84 Å². The summed E-state index contributed by atoms with van der Waals surface area (Å²) >= 11 is 0. The number of urea groups is 1. The second-order valence-electron chi connectivity index (χ2n) is 10.1. The molecule has 210 valence electrons. The van der Waals surface area contributed by atoms with Crippen LogP contribution in [0.4, 0.5) is 19.4 Å². The molecule has 1 aliphatic rings. The monoisotopic (exact) mass is 549 g/mol. The molecule has 1 aliphatic heterocycles. The number of likely N-dealkylation sites (tertiary alicyclic amines) is 1. The Morgan fingerprint density at radius 2 is 1.88 bits per heavy atom. The third kappa shape index (κ3) is 5.47. The van der Waals surface area contributed by atoms with Gasteiger partial charge in [-0.2, -0.15) is 10.2 Å². The zero-order valence-electron chi connectivity index (χ0n) is 23.0. The number of nitrogens with zero attached hydrogens (tertiary/aromatic N) is 5. The Kier molecular flexibility index (Phi) is 7.95. The number of benzene rings is 2. The standard InChI is InChI=1S/C29H33F2N7O2/c1-18-27(22-15-32-36(3)19(22)2)35-38(21-8-6-5-7-9-21)28(18)34-29(39)33-26-17-37(12-13-40-4)16-23(26)20-10-11-24(30)25(31)14-20/h5-11,14-15,23,26H,12-13,16-17H2,1-4H3,(H2,33,34,39)/t23-,26+/m0/s1. The van der Waals surface area contributed by atoms with Crippen LogP contribution in [0.2, 0.25) is 0 Å². The first-order chi connectivity index (χ1) is 19.3. The van der Waals surface area contributed by atoms with Crippen LogP contribution in [0.1, 0.15) is 22.7 Å². The number of anilines is 1. The van der Waals surface area contributed by atoms with Crippen LogP contribution in [0, 0.1) is 25.5 Å². The van der Waals surface area contributed by atoms with E-state index in [0.717, 1.165) is 34.3 Å². The molecule has 11 heteroatoms. The molecule has 9 nitrogen and oxygen atoms in total. The number of carbonyl (C=O) groups excluding carboxylic acids is 1. The van der Waals surface area contributed by atoms with Gasteiger partial charge in [-0.3, -0.25) is 14.9 Å². The minimum atomic E-state index is -0.906. The van der Waals surface area contributed by atoms with Gasteiger partial charge in [0.2, 0.25) is 0 Å². The molecule has 1 saturated heterocycles. The minimum Gasteiger partial charge on any atom is -0.383 e. The molecule has 0 saturated carbocycles. The third-order valence-corrected chi connectivity index (χ3v) is 7.54. The first-order valence-corrected chi connectivity index (χ1v) is 13.1. The molecule has 3 heterocycles. The van der Waals surface area contributed by atoms with Gasteiger partial charge in [-0.15, -0.1) is 0 Å². The van der Waals surface area contributed by atoms with Crippen molar-refractivity contribution in [1.29, 1.82) is 0 Å². The number of hydrogen-bond acceptors (Lipinski definition) is 5. The van der Waals surface area contributed by atoms with Crippen molar-refractivity contribution in [2.24, 2.45) is 7.05 Å². The van der Waals surface area contributed by atoms with E-state index >= 15 is 0 Å². The highest BCUT2D eigenvalue weighted by Crippen LogP contribution is 2.33. The van der Waals surface area contributed by atoms with Crippen molar-refractivity contribution in [3.8, 4) is 16.9 Å². The average Bonchev–Trinajstić information content (AvgIpc) is 3.60. The van der Waals surface area contributed by atoms with Crippen molar-refractivity contribution in [3.63, 3.8) is 0 Å². The highest BCUT2D eigenvalue weighted by molar-refractivity contribution is 5.91. The van der Waals surface area contributed by atoms with E-state index in [1.165, 1.54) is 6.07 Å². The largest absolute Gasteiger partial charge is 0.383 e. The molecule has 0 aliphatic carbocycles. The predicted molar refractivity (Wildman–Crippen MR) is 149 cm³/mol. The van der Waals surface area contributed by atoms with Crippen LogP contribution in [0.25, 0.3) is 16.9 Å². The molecule has 0 radical (unpaired) electrons. The summed E-state index contributed by atoms with van der Waals surface area (Å²) < 4.78 is 36.5. The number of rotatable bonds is 8. The van der Waals surface area contributed by atoms with Crippen LogP contribution in [0.15, 0.2) is 54.7 Å². The Morgan fingerprint density at radius 3 is 2.55 bits per heavy atom. The lowest BCUT2D eigenvalue weighted by Crippen LogP contribution is -2.42. The summed E-state index contributed by atoms with van der Waals surface area (Å²) in [5, 5.41) is 15.3. The summed E-state index contributed by atoms with van der Waals surface area (Å²) in [5.41, 5.74) is 4.76. The van der Waals surface area contributed by atoms with E-state index in [9.17, 15) is 13.6 Å². The van der Waals surface area contributed by atoms with E-state index < -0.39 is 17.7 Å². The van der Waals surface area contributed by atoms with Crippen LogP contribution in [-0.2, 0) is 11.8 Å². The Labute approximate surface area is 231 Å². The molecule has 0 bridgehead atoms. The second kappa shape index (κ2) is 11.6. The molecule has 0 unspecified atom stereocenters. The van der Waals surface area contributed by atoms with Gasteiger partial charge in [0.05, 0.1) is 24.5 Å². The number of amides is 2. The highest BCUT2D eigenvalue weighted by atomic mass is 19.2. The van der Waals surface area contributed by atoms with Crippen LogP contribution < -0.4 is 10.6 Å². The molecule has 0 spiro atoms. The number of ether oxygens (including phenoxy) is 1. The molecule has 1 fully saturated rings. The molecule has 2 atom stereocenters. The lowest BCUT2D eigenvalue weighted by molar-refractivity contribution is 0.159. The highest BCUT2D eigenvalue weighted by Gasteiger charge is 2.35. The minimum absolute atomic E-state index is 0.230. The molecule has 4 aromatic rings. The summed E-state index contributed by atoms with van der Waals surface area (Å²) in [6.45, 7) is 6.18. The Bertz CT molecular complexity index is 1500. The first kappa shape index (κ1) is 27.5. The van der Waals surface area contributed by atoms with Crippen molar-refractivity contribution in [3.05, 3.63) is 83.2 Å². The van der Waals surface area contributed by atoms with E-state index in [-0.39, 0.29) is 12.0 Å². The molecule has 40 heavy (non-hydrogen) atoms. The van der Waals surface area contributed by atoms with Gasteiger partial charge in [0.25, 0.3) is 0 Å². The van der Waals surface area contributed by atoms with Crippen molar-refractivity contribution in [2.75, 3.05) is 38.7 Å². The van der Waals surface area contributed by atoms with Crippen molar-refractivity contribution < 1.29 is 18.3 Å². The summed E-state index contributed by atoms with van der Waals surface area (Å²) in [7, 11) is 3.50. The molecule has 2 aromatic carbocycles. The fraction of sp³-hybridized carbons (Fsp3) is 0.345. The normalized spacial score (nSPS) is 17.4. The Morgan fingerprint density at radius 1 is 1.10 bits per heavy atom. The summed E-state index contributed by atoms with van der Waals surface area (Å²) in [6, 6.07) is 12.7. The first-order valence-electron chi connectivity index (χ1n) is 13.1. The van der Waals surface area contributed by atoms with Crippen LogP contribution in [-0.4, -0.2) is 69.9 Å². The van der Waals surface area contributed by atoms with Gasteiger partial charge in [0, 0.05) is 56.5 Å². The SMILES string of the molecule is COCCN1C[C@@H](NC(=O)Nc2c(C)c(-c3cnn(C)c3C)nn2-c2ccccc2)[C@H](c2ccc(F)c(F)c2)C1. The quantitative estimate of drug-likeness (QED) is 0.340. The van der Waals surface area contributed by atoms with Gasteiger partial charge in [-0.05, 0) is 43.7 Å². The molecule has 2 N–H and O–H groups in total. The van der Waals surface area contributed by atoms with Gasteiger partial charge in [-0.25, -0.2) is 18.3 Å². The predicted octanol–water partition coefficient (Wildman–Crippen LogP) is 4.40. The summed E-state index contributed by atoms with van der Waals surface area (Å²) in [4.78, 5) is 15.6. The number of aromatic nitrogens is 4. The van der Waals surface area contributed by atoms with Gasteiger partial charge in [0.15, 0.2) is 11.6 Å². The zero-order valence-corrected chi connectivity index (χ0v) is 23.0. The Balaban J connectivity index is 1.43. The summed E-state index contributed by atoms with van der Waals surface area (Å²) in [6.07, 6.45) is 1.77. The van der Waals surface area contributed by atoms with Gasteiger partial charge >= 0.3 is 6.03 Å². The number of halogens is 2. The van der Waals surface area contributed by atoms with Crippen LogP contribution in [0.5, 0.6) is 0 Å². The van der Waals surface area contributed by atoms with Gasteiger partial charge in [-0.1, -0.05) is 24.3 Å². The van der Waals surface area contributed by atoms with E-state index in [1.807, 2.05) is 51.2 Å². The number of aryl methyl sites for hydroxylation is 1. The van der Waals surface area contributed by atoms with Crippen molar-refractivity contribution in [2.45, 2.75) is 25.8 Å². The van der Waals surface area contributed by atoms with Crippen LogP contribution >= 0.6 is 0 Å². The lowest BCUT2D eigenvalue weighted by atomic mass is 9.94. The maximum atomic E-state index is 14.1. The zero-order chi connectivity index (χ0) is 28.4. The lowest BCUT2D eigenvalue weighted by Gasteiger charge is -2.21. The van der Waals surface area contributed by atoms with Gasteiger partial charge < -0.3 is 10.1 Å². The number of carbonyl (C=O) groups is 1. The molecule has 5 rings (SSSR count). The fourth-order valence-corrected chi connectivity index (χ4v) is 5.21. The Hall–Kier alpha value is -4.09. The van der Waals surface area contributed by atoms with Crippen LogP contribution in [0.3, 0.4) is 0 Å². The average molecular weight is 550 g/mol. The smallest absolute Gasteiger partial charge is 0.320 e. The molecular formula is C29H33F2N7O2. The number of nitrogens with one attached hydrogen (secondary N) is 2. The van der Waals surface area contributed by atoms with E-state index in [2.05, 4.69) is 20.6 Å². The van der Waals surface area contributed by atoms with Crippen molar-refractivity contribution in [1.82, 2.24) is 29.8 Å². The van der Waals surface area contributed by atoms with E-state index in [0.29, 0.717) is 37.6 Å².